The van der Waals surface area contributed by atoms with E-state index < -0.39 is 12.0 Å². The van der Waals surface area contributed by atoms with Gasteiger partial charge in [0.25, 0.3) is 0 Å². The summed E-state index contributed by atoms with van der Waals surface area (Å²) in [6.45, 7) is 2.09. The summed E-state index contributed by atoms with van der Waals surface area (Å²) in [5.41, 5.74) is 2.73. The lowest BCUT2D eigenvalue weighted by Crippen LogP contribution is -2.45. The normalized spacial score (nSPS) is 19.4. The Bertz CT molecular complexity index is 476. The second-order valence-corrected chi connectivity index (χ2v) is 6.47. The van der Waals surface area contributed by atoms with Gasteiger partial charge in [0.15, 0.2) is 0 Å². The molecule has 1 aliphatic carbocycles. The van der Waals surface area contributed by atoms with Gasteiger partial charge in [-0.05, 0) is 48.9 Å². The number of benzene rings is 1. The van der Waals surface area contributed by atoms with Crippen molar-refractivity contribution in [3.8, 4) is 0 Å². The first-order valence-corrected chi connectivity index (χ1v) is 8.15. The molecule has 1 aromatic carbocycles. The molecular weight excluding hydrogens is 318 g/mol. The number of carbonyl (C=O) groups is 1. The summed E-state index contributed by atoms with van der Waals surface area (Å²) in [5.74, 6) is -0.722. The molecule has 0 bridgehead atoms. The fraction of sp³-hybridized carbons (Fsp3) is 0.562. The van der Waals surface area contributed by atoms with Crippen LogP contribution < -0.4 is 5.32 Å². The lowest BCUT2D eigenvalue weighted by molar-refractivity contribution is -0.140. The molecule has 0 heterocycles. The van der Waals surface area contributed by atoms with E-state index in [4.69, 9.17) is 0 Å². The zero-order valence-corrected chi connectivity index (χ0v) is 13.4. The maximum absolute atomic E-state index is 11.3. The maximum atomic E-state index is 11.3. The van der Waals surface area contributed by atoms with Crippen molar-refractivity contribution in [1.82, 2.24) is 5.32 Å². The van der Waals surface area contributed by atoms with Crippen LogP contribution >= 0.6 is 15.9 Å². The lowest BCUT2D eigenvalue weighted by Gasteiger charge is -2.28. The summed E-state index contributed by atoms with van der Waals surface area (Å²) >= 11 is 3.50. The van der Waals surface area contributed by atoms with E-state index in [2.05, 4.69) is 46.4 Å². The van der Waals surface area contributed by atoms with Crippen LogP contribution in [0.1, 0.15) is 43.7 Å². The lowest BCUT2D eigenvalue weighted by atomic mass is 9.88. The predicted molar refractivity (Wildman–Crippen MR) is 84.0 cm³/mol. The van der Waals surface area contributed by atoms with E-state index in [1.165, 1.54) is 11.1 Å². The summed E-state index contributed by atoms with van der Waals surface area (Å²) < 4.78 is 1.12. The van der Waals surface area contributed by atoms with Crippen molar-refractivity contribution in [3.05, 3.63) is 33.8 Å². The number of unbranched alkanes of at least 4 members (excludes halogenated alkanes) is 1. The Hall–Kier alpha value is -0.870. The van der Waals surface area contributed by atoms with Crippen LogP contribution in [0.4, 0.5) is 0 Å². The van der Waals surface area contributed by atoms with Crippen molar-refractivity contribution in [2.75, 3.05) is 0 Å². The van der Waals surface area contributed by atoms with Crippen LogP contribution in [0.5, 0.6) is 0 Å². The summed E-state index contributed by atoms with van der Waals surface area (Å²) in [4.78, 5) is 11.3. The molecule has 2 atom stereocenters. The summed E-state index contributed by atoms with van der Waals surface area (Å²) in [5, 5.41) is 12.6. The first-order valence-electron chi connectivity index (χ1n) is 7.36. The second kappa shape index (κ2) is 7.23. The third-order valence-corrected chi connectivity index (χ3v) is 4.47. The number of aryl methyl sites for hydroxylation is 1. The molecule has 20 heavy (non-hydrogen) atoms. The molecule has 2 unspecified atom stereocenters. The van der Waals surface area contributed by atoms with Crippen molar-refractivity contribution in [3.63, 3.8) is 0 Å². The Balaban J connectivity index is 1.97. The molecular formula is C16H22BrNO2. The van der Waals surface area contributed by atoms with Gasteiger partial charge >= 0.3 is 5.97 Å². The van der Waals surface area contributed by atoms with E-state index in [-0.39, 0.29) is 6.04 Å². The predicted octanol–water partition coefficient (Wildman–Crippen LogP) is 3.54. The fourth-order valence-corrected chi connectivity index (χ4v) is 3.25. The average Bonchev–Trinajstić information content (AvgIpc) is 2.43. The number of hydrogen-bond acceptors (Lipinski definition) is 2. The van der Waals surface area contributed by atoms with Gasteiger partial charge in [0.1, 0.15) is 6.04 Å². The number of hydrogen-bond donors (Lipinski definition) is 2. The Kier molecular flexibility index (Phi) is 5.61. The van der Waals surface area contributed by atoms with Crippen molar-refractivity contribution in [2.24, 2.45) is 0 Å². The zero-order valence-electron chi connectivity index (χ0n) is 11.9. The van der Waals surface area contributed by atoms with Gasteiger partial charge in [0.2, 0.25) is 0 Å². The summed E-state index contributed by atoms with van der Waals surface area (Å²) in [6.07, 6.45) is 5.67. The van der Waals surface area contributed by atoms with Crippen LogP contribution in [0.25, 0.3) is 0 Å². The summed E-state index contributed by atoms with van der Waals surface area (Å²) in [7, 11) is 0. The molecule has 0 saturated heterocycles. The molecule has 3 nitrogen and oxygen atoms in total. The standard InChI is InChI=1S/C16H22BrNO2/c1-2-3-4-15(16(19)20)18-14-8-6-11-9-13(17)7-5-12(11)10-14/h5,7,9,14-15,18H,2-4,6,8,10H2,1H3,(H,19,20). The van der Waals surface area contributed by atoms with Crippen LogP contribution in [0.3, 0.4) is 0 Å². The maximum Gasteiger partial charge on any atom is 0.320 e. The van der Waals surface area contributed by atoms with E-state index in [0.29, 0.717) is 0 Å². The van der Waals surface area contributed by atoms with E-state index in [0.717, 1.165) is 43.0 Å². The van der Waals surface area contributed by atoms with Gasteiger partial charge in [0, 0.05) is 10.5 Å². The molecule has 4 heteroatoms. The molecule has 0 fully saturated rings. The third-order valence-electron chi connectivity index (χ3n) is 3.98. The number of carboxylic acid groups (broad SMARTS) is 1. The molecule has 1 aromatic rings. The van der Waals surface area contributed by atoms with Crippen LogP contribution in [-0.2, 0) is 17.6 Å². The molecule has 0 spiro atoms. The Labute approximate surface area is 128 Å². The zero-order chi connectivity index (χ0) is 14.5. The van der Waals surface area contributed by atoms with Gasteiger partial charge in [-0.1, -0.05) is 41.8 Å². The molecule has 110 valence electrons. The number of nitrogens with one attached hydrogen (secondary N) is 1. The smallest absolute Gasteiger partial charge is 0.320 e. The Morgan fingerprint density at radius 1 is 1.50 bits per heavy atom. The van der Waals surface area contributed by atoms with E-state index in [1.54, 1.807) is 0 Å². The van der Waals surface area contributed by atoms with Gasteiger partial charge in [0.05, 0.1) is 0 Å². The van der Waals surface area contributed by atoms with E-state index in [9.17, 15) is 9.90 Å². The van der Waals surface area contributed by atoms with E-state index >= 15 is 0 Å². The van der Waals surface area contributed by atoms with E-state index in [1.807, 2.05) is 0 Å². The molecule has 2 N–H and O–H groups in total. The molecule has 0 radical (unpaired) electrons. The molecule has 1 aliphatic rings. The number of halogens is 1. The number of carboxylic acids is 1. The quantitative estimate of drug-likeness (QED) is 0.833. The number of fused-ring (bicyclic) bond motifs is 1. The van der Waals surface area contributed by atoms with Gasteiger partial charge in [-0.25, -0.2) is 0 Å². The highest BCUT2D eigenvalue weighted by molar-refractivity contribution is 9.10. The topological polar surface area (TPSA) is 49.3 Å². The number of rotatable bonds is 6. The Morgan fingerprint density at radius 2 is 2.30 bits per heavy atom. The Morgan fingerprint density at radius 3 is 3.00 bits per heavy atom. The minimum Gasteiger partial charge on any atom is -0.480 e. The minimum absolute atomic E-state index is 0.279. The highest BCUT2D eigenvalue weighted by Gasteiger charge is 2.24. The number of aliphatic carboxylic acids is 1. The first-order chi connectivity index (χ1) is 9.60. The fourth-order valence-electron chi connectivity index (χ4n) is 2.84. The SMILES string of the molecule is CCCCC(NC1CCc2cc(Br)ccc2C1)C(=O)O. The highest BCUT2D eigenvalue weighted by atomic mass is 79.9. The average molecular weight is 340 g/mol. The largest absolute Gasteiger partial charge is 0.480 e. The molecule has 0 aliphatic heterocycles. The third kappa shape index (κ3) is 4.06. The molecule has 0 saturated carbocycles. The van der Waals surface area contributed by atoms with Crippen LogP contribution in [0.2, 0.25) is 0 Å². The molecule has 0 aromatic heterocycles. The van der Waals surface area contributed by atoms with Gasteiger partial charge in [-0.2, -0.15) is 0 Å². The van der Waals surface area contributed by atoms with Gasteiger partial charge in [-0.15, -0.1) is 0 Å². The second-order valence-electron chi connectivity index (χ2n) is 5.55. The monoisotopic (exact) mass is 339 g/mol. The van der Waals surface area contributed by atoms with Crippen LogP contribution in [-0.4, -0.2) is 23.2 Å². The van der Waals surface area contributed by atoms with Crippen LogP contribution in [0, 0.1) is 0 Å². The van der Waals surface area contributed by atoms with Crippen molar-refractivity contribution in [2.45, 2.75) is 57.5 Å². The van der Waals surface area contributed by atoms with Gasteiger partial charge < -0.3 is 10.4 Å². The molecule has 0 amide bonds. The first kappa shape index (κ1) is 15.5. The van der Waals surface area contributed by atoms with Crippen molar-refractivity contribution in [1.29, 1.82) is 0 Å². The minimum atomic E-state index is -0.722. The van der Waals surface area contributed by atoms with Crippen LogP contribution in [0.15, 0.2) is 22.7 Å². The highest BCUT2D eigenvalue weighted by Crippen LogP contribution is 2.25. The molecule has 2 rings (SSSR count). The van der Waals surface area contributed by atoms with Crippen molar-refractivity contribution >= 4 is 21.9 Å². The van der Waals surface area contributed by atoms with Gasteiger partial charge in [-0.3, -0.25) is 4.79 Å². The summed E-state index contributed by atoms with van der Waals surface area (Å²) in [6, 6.07) is 6.26. The van der Waals surface area contributed by atoms with Crippen molar-refractivity contribution < 1.29 is 9.90 Å².